The summed E-state index contributed by atoms with van der Waals surface area (Å²) in [7, 11) is 0. The molecule has 2 N–H and O–H groups in total. The predicted octanol–water partition coefficient (Wildman–Crippen LogP) is 3.65. The third kappa shape index (κ3) is 3.51. The second-order valence-electron chi connectivity index (χ2n) is 8.48. The lowest BCUT2D eigenvalue weighted by Crippen LogP contribution is -2.25. The summed E-state index contributed by atoms with van der Waals surface area (Å²) < 4.78 is 3.60. The van der Waals surface area contributed by atoms with Crippen LogP contribution in [0.15, 0.2) is 46.9 Å². The van der Waals surface area contributed by atoms with Crippen molar-refractivity contribution in [3.63, 3.8) is 0 Å². The average molecular weight is 428 g/mol. The summed E-state index contributed by atoms with van der Waals surface area (Å²) in [6, 6.07) is 8.47. The third-order valence-corrected chi connectivity index (χ3v) is 6.00. The highest BCUT2D eigenvalue weighted by Crippen LogP contribution is 2.27. The van der Waals surface area contributed by atoms with Gasteiger partial charge >= 0.3 is 0 Å². The molecule has 0 fully saturated rings. The van der Waals surface area contributed by atoms with Gasteiger partial charge in [-0.2, -0.15) is 10.2 Å². The van der Waals surface area contributed by atoms with Gasteiger partial charge in [0.15, 0.2) is 5.65 Å². The van der Waals surface area contributed by atoms with E-state index in [0.29, 0.717) is 29.8 Å². The SMILES string of the molecule is CC(C)n1c(=O)c2cnc(Nc3ccc4c(c3)CNCC4)nc2n1C1=CC=C(C#N)CC1. The quantitative estimate of drug-likeness (QED) is 0.659. The van der Waals surface area contributed by atoms with Gasteiger partial charge in [0.05, 0.1) is 6.07 Å². The van der Waals surface area contributed by atoms with Gasteiger partial charge in [-0.15, -0.1) is 0 Å². The first-order valence-electron chi connectivity index (χ1n) is 10.9. The van der Waals surface area contributed by atoms with Crippen molar-refractivity contribution in [2.75, 3.05) is 11.9 Å². The zero-order valence-corrected chi connectivity index (χ0v) is 18.2. The molecule has 2 aliphatic rings. The first-order chi connectivity index (χ1) is 15.5. The van der Waals surface area contributed by atoms with Crippen LogP contribution in [0.4, 0.5) is 11.6 Å². The number of aromatic nitrogens is 4. The average Bonchev–Trinajstić information content (AvgIpc) is 3.11. The molecule has 0 saturated heterocycles. The number of hydrogen-bond acceptors (Lipinski definition) is 6. The van der Waals surface area contributed by atoms with Crippen molar-refractivity contribution < 1.29 is 0 Å². The van der Waals surface area contributed by atoms with E-state index in [1.807, 2.05) is 36.7 Å². The number of hydrogen-bond donors (Lipinski definition) is 2. The van der Waals surface area contributed by atoms with Gasteiger partial charge in [-0.05, 0) is 75.1 Å². The largest absolute Gasteiger partial charge is 0.324 e. The minimum atomic E-state index is -0.114. The smallest absolute Gasteiger partial charge is 0.278 e. The van der Waals surface area contributed by atoms with Crippen molar-refractivity contribution in [1.82, 2.24) is 24.6 Å². The van der Waals surface area contributed by atoms with E-state index in [1.165, 1.54) is 11.1 Å². The first-order valence-corrected chi connectivity index (χ1v) is 10.9. The highest BCUT2D eigenvalue weighted by atomic mass is 16.1. The molecule has 3 aromatic rings. The van der Waals surface area contributed by atoms with Crippen LogP contribution in [0.3, 0.4) is 0 Å². The topological polar surface area (TPSA) is 101 Å². The highest BCUT2D eigenvalue weighted by Gasteiger charge is 2.21. The van der Waals surface area contributed by atoms with Gasteiger partial charge in [0.1, 0.15) is 5.39 Å². The number of anilines is 2. The Morgan fingerprint density at radius 2 is 2.06 bits per heavy atom. The maximum Gasteiger partial charge on any atom is 0.278 e. The van der Waals surface area contributed by atoms with Crippen molar-refractivity contribution in [3.8, 4) is 6.07 Å². The van der Waals surface area contributed by atoms with Crippen molar-refractivity contribution in [3.05, 3.63) is 63.6 Å². The van der Waals surface area contributed by atoms with Crippen molar-refractivity contribution in [2.45, 2.75) is 45.7 Å². The van der Waals surface area contributed by atoms with Gasteiger partial charge in [0.2, 0.25) is 5.95 Å². The number of nitrogens with zero attached hydrogens (tertiary/aromatic N) is 5. The normalized spacial score (nSPS) is 15.8. The fourth-order valence-electron chi connectivity index (χ4n) is 4.38. The van der Waals surface area contributed by atoms with Crippen LogP contribution in [0.1, 0.15) is 43.9 Å². The Hall–Kier alpha value is -3.70. The Morgan fingerprint density at radius 1 is 1.19 bits per heavy atom. The lowest BCUT2D eigenvalue weighted by atomic mass is 10.0. The maximum absolute atomic E-state index is 13.1. The van der Waals surface area contributed by atoms with E-state index in [-0.39, 0.29) is 11.6 Å². The molecule has 1 aliphatic heterocycles. The van der Waals surface area contributed by atoms with Crippen molar-refractivity contribution in [1.29, 1.82) is 5.26 Å². The van der Waals surface area contributed by atoms with E-state index in [1.54, 1.807) is 10.9 Å². The van der Waals surface area contributed by atoms with Crippen LogP contribution < -0.4 is 16.2 Å². The molecule has 1 aliphatic carbocycles. The molecule has 32 heavy (non-hydrogen) atoms. The minimum absolute atomic E-state index is 0.0523. The minimum Gasteiger partial charge on any atom is -0.324 e. The molecular weight excluding hydrogens is 402 g/mol. The van der Waals surface area contributed by atoms with E-state index in [2.05, 4.69) is 33.8 Å². The van der Waals surface area contributed by atoms with Gasteiger partial charge in [-0.25, -0.2) is 14.3 Å². The van der Waals surface area contributed by atoms with E-state index >= 15 is 0 Å². The fourth-order valence-corrected chi connectivity index (χ4v) is 4.38. The lowest BCUT2D eigenvalue weighted by Gasteiger charge is -2.20. The van der Waals surface area contributed by atoms with Crippen molar-refractivity contribution in [2.24, 2.45) is 0 Å². The summed E-state index contributed by atoms with van der Waals surface area (Å²) in [5, 5.41) is 16.4. The number of benzene rings is 1. The number of nitrogens with one attached hydrogen (secondary N) is 2. The third-order valence-electron chi connectivity index (χ3n) is 6.00. The predicted molar refractivity (Wildman–Crippen MR) is 125 cm³/mol. The standard InChI is InChI=1S/C24H25N7O/c1-15(2)30-23(32)21-14-27-24(28-19-6-5-17-9-10-26-13-18(17)11-19)29-22(21)31(30)20-7-3-16(12-25)4-8-20/h3,5-7,11,14-15,26H,4,8-10,13H2,1-2H3,(H,27,28,29). The molecule has 2 aromatic heterocycles. The maximum atomic E-state index is 13.1. The summed E-state index contributed by atoms with van der Waals surface area (Å²) in [4.78, 5) is 22.3. The summed E-state index contributed by atoms with van der Waals surface area (Å²) >= 11 is 0. The Labute approximate surface area is 185 Å². The molecule has 8 heteroatoms. The van der Waals surface area contributed by atoms with Crippen LogP contribution in [-0.2, 0) is 13.0 Å². The zero-order chi connectivity index (χ0) is 22.2. The summed E-state index contributed by atoms with van der Waals surface area (Å²) in [5.41, 5.74) is 5.69. The zero-order valence-electron chi connectivity index (χ0n) is 18.2. The first kappa shape index (κ1) is 20.2. The molecule has 162 valence electrons. The Kier molecular flexibility index (Phi) is 5.11. The molecular formula is C24H25N7O. The second kappa shape index (κ2) is 8.09. The van der Waals surface area contributed by atoms with Gasteiger partial charge in [-0.1, -0.05) is 6.07 Å². The molecule has 0 saturated carbocycles. The van der Waals surface area contributed by atoms with Crippen LogP contribution in [0.5, 0.6) is 0 Å². The fraction of sp³-hybridized carbons (Fsp3) is 0.333. The molecule has 0 unspecified atom stereocenters. The van der Waals surface area contributed by atoms with Gasteiger partial charge in [0, 0.05) is 35.7 Å². The van der Waals surface area contributed by atoms with E-state index in [4.69, 9.17) is 4.98 Å². The summed E-state index contributed by atoms with van der Waals surface area (Å²) in [6.45, 7) is 5.81. The molecule has 0 amide bonds. The summed E-state index contributed by atoms with van der Waals surface area (Å²) in [5.74, 6) is 0.445. The number of nitriles is 1. The van der Waals surface area contributed by atoms with Crippen LogP contribution in [0.25, 0.3) is 16.7 Å². The molecule has 0 bridgehead atoms. The molecule has 3 heterocycles. The van der Waals surface area contributed by atoms with Crippen LogP contribution in [-0.4, -0.2) is 25.9 Å². The molecule has 8 nitrogen and oxygen atoms in total. The highest BCUT2D eigenvalue weighted by molar-refractivity contribution is 5.79. The van der Waals surface area contributed by atoms with E-state index in [9.17, 15) is 10.1 Å². The Balaban J connectivity index is 1.59. The number of allylic oxidation sites excluding steroid dienone is 4. The van der Waals surface area contributed by atoms with E-state index < -0.39 is 0 Å². The lowest BCUT2D eigenvalue weighted by molar-refractivity contribution is 0.476. The Morgan fingerprint density at radius 3 is 2.81 bits per heavy atom. The second-order valence-corrected chi connectivity index (χ2v) is 8.48. The van der Waals surface area contributed by atoms with Gasteiger partial charge in [0.25, 0.3) is 5.56 Å². The van der Waals surface area contributed by atoms with Gasteiger partial charge < -0.3 is 10.6 Å². The molecule has 0 atom stereocenters. The Bertz CT molecular complexity index is 1370. The monoisotopic (exact) mass is 427 g/mol. The summed E-state index contributed by atoms with van der Waals surface area (Å²) in [6.07, 6.45) is 7.67. The molecule has 0 radical (unpaired) electrons. The molecule has 0 spiro atoms. The van der Waals surface area contributed by atoms with Crippen molar-refractivity contribution >= 4 is 28.4 Å². The van der Waals surface area contributed by atoms with Crippen LogP contribution in [0.2, 0.25) is 0 Å². The van der Waals surface area contributed by atoms with Crippen LogP contribution in [0, 0.1) is 11.3 Å². The molecule has 5 rings (SSSR count). The van der Waals surface area contributed by atoms with Gasteiger partial charge in [-0.3, -0.25) is 4.79 Å². The molecule has 1 aromatic carbocycles. The van der Waals surface area contributed by atoms with E-state index in [0.717, 1.165) is 36.5 Å². The number of rotatable bonds is 4. The van der Waals surface area contributed by atoms with Crippen LogP contribution >= 0.6 is 0 Å². The number of fused-ring (bicyclic) bond motifs is 2.